The number of anilines is 1. The van der Waals surface area contributed by atoms with Gasteiger partial charge in [0.1, 0.15) is 0 Å². The Morgan fingerprint density at radius 1 is 1.32 bits per heavy atom. The van der Waals surface area contributed by atoms with Gasteiger partial charge in [-0.05, 0) is 24.1 Å². The summed E-state index contributed by atoms with van der Waals surface area (Å²) < 4.78 is 4.90. The highest BCUT2D eigenvalue weighted by atomic mass is 16.5. The second-order valence-corrected chi connectivity index (χ2v) is 4.50. The van der Waals surface area contributed by atoms with E-state index in [4.69, 9.17) is 10.5 Å². The molecule has 3 N–H and O–H groups in total. The van der Waals surface area contributed by atoms with Crippen LogP contribution < -0.4 is 16.0 Å². The van der Waals surface area contributed by atoms with Gasteiger partial charge < -0.3 is 20.7 Å². The van der Waals surface area contributed by atoms with Crippen molar-refractivity contribution < 1.29 is 4.74 Å². The molecule has 1 aromatic rings. The maximum Gasteiger partial charge on any atom is 0.188 e. The first-order valence-corrected chi connectivity index (χ1v) is 6.42. The number of aliphatic imine (C=N–C) groups is 1. The molecule has 0 aromatic heterocycles. The van der Waals surface area contributed by atoms with Crippen LogP contribution in [-0.4, -0.2) is 46.9 Å². The lowest BCUT2D eigenvalue weighted by atomic mass is 10.1. The molecule has 0 amide bonds. The number of nitrogens with two attached hydrogens (primary N) is 1. The number of benzene rings is 1. The van der Waals surface area contributed by atoms with Crippen LogP contribution in [0.5, 0.6) is 0 Å². The van der Waals surface area contributed by atoms with Crippen molar-refractivity contribution in [1.82, 2.24) is 5.32 Å². The quantitative estimate of drug-likeness (QED) is 0.435. The molecule has 0 heterocycles. The average Bonchev–Trinajstić information content (AvgIpc) is 2.39. The molecule has 19 heavy (non-hydrogen) atoms. The Hall–Kier alpha value is -1.75. The second kappa shape index (κ2) is 8.37. The molecule has 0 radical (unpaired) electrons. The third kappa shape index (κ3) is 6.10. The summed E-state index contributed by atoms with van der Waals surface area (Å²) in [6, 6.07) is 8.50. The Kier molecular flexibility index (Phi) is 6.74. The zero-order valence-corrected chi connectivity index (χ0v) is 12.0. The third-order valence-electron chi connectivity index (χ3n) is 2.75. The summed E-state index contributed by atoms with van der Waals surface area (Å²) in [5.74, 6) is 0.474. The highest BCUT2D eigenvalue weighted by Crippen LogP contribution is 2.12. The zero-order chi connectivity index (χ0) is 14.1. The van der Waals surface area contributed by atoms with Crippen LogP contribution in [0, 0.1) is 0 Å². The molecule has 0 fully saturated rings. The topological polar surface area (TPSA) is 62.9 Å². The van der Waals surface area contributed by atoms with Gasteiger partial charge in [0.25, 0.3) is 0 Å². The van der Waals surface area contributed by atoms with Crippen molar-refractivity contribution in [3.8, 4) is 0 Å². The summed E-state index contributed by atoms with van der Waals surface area (Å²) in [6.45, 7) is 1.96. The van der Waals surface area contributed by atoms with Crippen LogP contribution in [0.15, 0.2) is 29.3 Å². The lowest BCUT2D eigenvalue weighted by molar-refractivity contribution is 0.208. The van der Waals surface area contributed by atoms with Gasteiger partial charge in [-0.1, -0.05) is 12.1 Å². The molecule has 0 aliphatic rings. The van der Waals surface area contributed by atoms with Gasteiger partial charge in [-0.3, -0.25) is 4.99 Å². The molecule has 5 heteroatoms. The smallest absolute Gasteiger partial charge is 0.188 e. The molecule has 0 aliphatic carbocycles. The van der Waals surface area contributed by atoms with Crippen molar-refractivity contribution >= 4 is 11.6 Å². The second-order valence-electron chi connectivity index (χ2n) is 4.50. The molecule has 0 bridgehead atoms. The van der Waals surface area contributed by atoms with E-state index in [2.05, 4.69) is 39.5 Å². The Labute approximate surface area is 115 Å². The number of ether oxygens (including phenoxy) is 1. The molecule has 0 unspecified atom stereocenters. The molecule has 0 aliphatic heterocycles. The molecule has 0 spiro atoms. The minimum absolute atomic E-state index is 0.474. The van der Waals surface area contributed by atoms with E-state index in [1.165, 1.54) is 11.3 Å². The lowest BCUT2D eigenvalue weighted by Gasteiger charge is -2.12. The van der Waals surface area contributed by atoms with E-state index in [9.17, 15) is 0 Å². The normalized spacial score (nSPS) is 11.4. The molecular formula is C14H24N4O. The number of nitrogens with one attached hydrogen (secondary N) is 1. The maximum absolute atomic E-state index is 5.72. The Balaban J connectivity index is 2.30. The summed E-state index contributed by atoms with van der Waals surface area (Å²) in [6.07, 6.45) is 0.925. The third-order valence-corrected chi connectivity index (χ3v) is 2.75. The monoisotopic (exact) mass is 264 g/mol. The fraction of sp³-hybridized carbons (Fsp3) is 0.500. The summed E-state index contributed by atoms with van der Waals surface area (Å²) in [4.78, 5) is 6.22. The molecule has 0 atom stereocenters. The summed E-state index contributed by atoms with van der Waals surface area (Å²) >= 11 is 0. The minimum atomic E-state index is 0.474. The lowest BCUT2D eigenvalue weighted by Crippen LogP contribution is -2.33. The largest absolute Gasteiger partial charge is 0.383 e. The Morgan fingerprint density at radius 2 is 2.00 bits per heavy atom. The molecular weight excluding hydrogens is 240 g/mol. The van der Waals surface area contributed by atoms with Crippen molar-refractivity contribution in [2.45, 2.75) is 6.42 Å². The fourth-order valence-electron chi connectivity index (χ4n) is 1.61. The first-order chi connectivity index (χ1) is 9.13. The summed E-state index contributed by atoms with van der Waals surface area (Å²) in [5.41, 5.74) is 8.21. The predicted octanol–water partition coefficient (Wildman–Crippen LogP) is 0.846. The van der Waals surface area contributed by atoms with E-state index in [-0.39, 0.29) is 0 Å². The van der Waals surface area contributed by atoms with Crippen LogP contribution in [-0.2, 0) is 11.2 Å². The standard InChI is InChI=1S/C14H24N4O/c1-18(2)13-6-4-12(5-7-13)8-9-16-14(15)17-10-11-19-3/h4-7H,8-11H2,1-3H3,(H3,15,16,17). The summed E-state index contributed by atoms with van der Waals surface area (Å²) in [5, 5.41) is 3.09. The number of rotatable bonds is 7. The van der Waals surface area contributed by atoms with Crippen molar-refractivity contribution in [3.05, 3.63) is 29.8 Å². The van der Waals surface area contributed by atoms with Crippen LogP contribution in [0.4, 0.5) is 5.69 Å². The van der Waals surface area contributed by atoms with Gasteiger partial charge in [0, 0.05) is 33.4 Å². The zero-order valence-electron chi connectivity index (χ0n) is 12.0. The van der Waals surface area contributed by atoms with Crippen LogP contribution >= 0.6 is 0 Å². The van der Waals surface area contributed by atoms with Gasteiger partial charge in [-0.25, -0.2) is 0 Å². The van der Waals surface area contributed by atoms with E-state index in [1.54, 1.807) is 7.11 Å². The van der Waals surface area contributed by atoms with Gasteiger partial charge in [0.15, 0.2) is 5.96 Å². The van der Waals surface area contributed by atoms with Gasteiger partial charge in [0.05, 0.1) is 13.2 Å². The van der Waals surface area contributed by atoms with Gasteiger partial charge in [0.2, 0.25) is 0 Å². The summed E-state index contributed by atoms with van der Waals surface area (Å²) in [7, 11) is 5.72. The highest BCUT2D eigenvalue weighted by Gasteiger charge is 1.97. The van der Waals surface area contributed by atoms with Gasteiger partial charge in [-0.2, -0.15) is 0 Å². The highest BCUT2D eigenvalue weighted by molar-refractivity contribution is 5.77. The predicted molar refractivity (Wildman–Crippen MR) is 80.8 cm³/mol. The average molecular weight is 264 g/mol. The molecule has 0 saturated carbocycles. The molecule has 106 valence electrons. The number of hydrogen-bond acceptors (Lipinski definition) is 3. The minimum Gasteiger partial charge on any atom is -0.383 e. The Morgan fingerprint density at radius 3 is 2.58 bits per heavy atom. The van der Waals surface area contributed by atoms with Gasteiger partial charge in [-0.15, -0.1) is 0 Å². The van der Waals surface area contributed by atoms with E-state index < -0.39 is 0 Å². The van der Waals surface area contributed by atoms with Crippen molar-refractivity contribution in [2.24, 2.45) is 10.7 Å². The van der Waals surface area contributed by atoms with Crippen molar-refractivity contribution in [2.75, 3.05) is 45.8 Å². The van der Waals surface area contributed by atoms with E-state index in [0.29, 0.717) is 19.1 Å². The first kappa shape index (κ1) is 15.3. The number of methoxy groups -OCH3 is 1. The fourth-order valence-corrected chi connectivity index (χ4v) is 1.61. The molecule has 5 nitrogen and oxygen atoms in total. The van der Waals surface area contributed by atoms with Crippen molar-refractivity contribution in [3.63, 3.8) is 0 Å². The van der Waals surface area contributed by atoms with E-state index in [0.717, 1.165) is 13.0 Å². The molecule has 0 saturated heterocycles. The SMILES string of the molecule is COCCN=C(N)NCCc1ccc(N(C)C)cc1. The van der Waals surface area contributed by atoms with Crippen LogP contribution in [0.3, 0.4) is 0 Å². The van der Waals surface area contributed by atoms with Crippen molar-refractivity contribution in [1.29, 1.82) is 0 Å². The van der Waals surface area contributed by atoms with Crippen LogP contribution in [0.2, 0.25) is 0 Å². The molecule has 1 rings (SSSR count). The maximum atomic E-state index is 5.72. The first-order valence-electron chi connectivity index (χ1n) is 6.42. The van der Waals surface area contributed by atoms with Crippen LogP contribution in [0.1, 0.15) is 5.56 Å². The van der Waals surface area contributed by atoms with E-state index in [1.807, 2.05) is 14.1 Å². The molecule has 1 aromatic carbocycles. The Bertz CT molecular complexity index is 387. The van der Waals surface area contributed by atoms with Gasteiger partial charge >= 0.3 is 0 Å². The number of guanidine groups is 1. The van der Waals surface area contributed by atoms with E-state index >= 15 is 0 Å². The number of hydrogen-bond donors (Lipinski definition) is 2. The number of nitrogens with zero attached hydrogens (tertiary/aromatic N) is 2. The van der Waals surface area contributed by atoms with Crippen LogP contribution in [0.25, 0.3) is 0 Å².